The van der Waals surface area contributed by atoms with Gasteiger partial charge in [-0.15, -0.1) is 0 Å². The summed E-state index contributed by atoms with van der Waals surface area (Å²) >= 11 is 4.77. The van der Waals surface area contributed by atoms with E-state index in [0.29, 0.717) is 12.8 Å². The van der Waals surface area contributed by atoms with E-state index in [4.69, 9.17) is 18.0 Å². The van der Waals surface area contributed by atoms with Crippen LogP contribution in [-0.2, 0) is 4.79 Å². The summed E-state index contributed by atoms with van der Waals surface area (Å²) in [5.74, 6) is -0.600. The van der Waals surface area contributed by atoms with Crippen LogP contribution >= 0.6 is 12.2 Å². The van der Waals surface area contributed by atoms with E-state index in [2.05, 4.69) is 0 Å². The van der Waals surface area contributed by atoms with Gasteiger partial charge in [-0.1, -0.05) is 12.2 Å². The molecule has 1 rings (SSSR count). The zero-order chi connectivity index (χ0) is 13.4. The van der Waals surface area contributed by atoms with Crippen molar-refractivity contribution in [2.24, 2.45) is 11.1 Å². The molecule has 0 spiro atoms. The molecule has 2 N–H and O–H groups in total. The van der Waals surface area contributed by atoms with Gasteiger partial charge in [-0.05, 0) is 26.7 Å². The van der Waals surface area contributed by atoms with E-state index in [1.807, 2.05) is 0 Å². The van der Waals surface area contributed by atoms with Gasteiger partial charge < -0.3 is 10.6 Å². The van der Waals surface area contributed by atoms with Gasteiger partial charge in [0.05, 0.1) is 10.4 Å². The molecule has 3 nitrogen and oxygen atoms in total. The van der Waals surface area contributed by atoms with Crippen molar-refractivity contribution in [1.82, 2.24) is 4.90 Å². The van der Waals surface area contributed by atoms with Gasteiger partial charge in [0.15, 0.2) is 0 Å². The Morgan fingerprint density at radius 3 is 2.18 bits per heavy atom. The van der Waals surface area contributed by atoms with Gasteiger partial charge in [-0.25, -0.2) is 0 Å². The van der Waals surface area contributed by atoms with Crippen LogP contribution in [0.4, 0.5) is 13.2 Å². The minimum Gasteiger partial charge on any atom is -0.392 e. The summed E-state index contributed by atoms with van der Waals surface area (Å²) in [5, 5.41) is 0. The molecule has 17 heavy (non-hydrogen) atoms. The van der Waals surface area contributed by atoms with Gasteiger partial charge in [0.1, 0.15) is 6.54 Å². The van der Waals surface area contributed by atoms with Crippen LogP contribution in [0.2, 0.25) is 0 Å². The van der Waals surface area contributed by atoms with Crippen molar-refractivity contribution >= 4 is 23.1 Å². The van der Waals surface area contributed by atoms with Crippen LogP contribution in [-0.4, -0.2) is 34.6 Å². The predicted octanol–water partition coefficient (Wildman–Crippen LogP) is 1.85. The lowest BCUT2D eigenvalue weighted by atomic mass is 10.0. The summed E-state index contributed by atoms with van der Waals surface area (Å²) in [7, 11) is 0. The van der Waals surface area contributed by atoms with Crippen molar-refractivity contribution < 1.29 is 18.0 Å². The SMILES string of the molecule is CC(C)N(CC(F)(F)F)C(=O)C1(C(N)=S)CC1. The maximum Gasteiger partial charge on any atom is 0.406 e. The van der Waals surface area contributed by atoms with Crippen molar-refractivity contribution in [1.29, 1.82) is 0 Å². The van der Waals surface area contributed by atoms with E-state index >= 15 is 0 Å². The monoisotopic (exact) mass is 268 g/mol. The molecule has 1 fully saturated rings. The van der Waals surface area contributed by atoms with E-state index in [9.17, 15) is 18.0 Å². The largest absolute Gasteiger partial charge is 0.406 e. The first-order valence-electron chi connectivity index (χ1n) is 5.28. The lowest BCUT2D eigenvalue weighted by Gasteiger charge is -2.31. The molecule has 1 amide bonds. The minimum absolute atomic E-state index is 0.00433. The number of rotatable bonds is 4. The summed E-state index contributed by atoms with van der Waals surface area (Å²) in [6, 6.07) is -0.532. The second kappa shape index (κ2) is 4.44. The van der Waals surface area contributed by atoms with Crippen LogP contribution in [0.3, 0.4) is 0 Å². The van der Waals surface area contributed by atoms with E-state index < -0.39 is 30.1 Å². The van der Waals surface area contributed by atoms with E-state index in [-0.39, 0.29) is 4.99 Å². The number of nitrogens with zero attached hydrogens (tertiary/aromatic N) is 1. The average Bonchev–Trinajstić information content (AvgIpc) is 2.91. The van der Waals surface area contributed by atoms with Gasteiger partial charge >= 0.3 is 6.18 Å². The Morgan fingerprint density at radius 1 is 1.47 bits per heavy atom. The predicted molar refractivity (Wildman–Crippen MR) is 61.4 cm³/mol. The minimum atomic E-state index is -4.41. The Kier molecular flexibility index (Phi) is 3.71. The molecule has 0 aliphatic heterocycles. The molecule has 7 heteroatoms. The summed E-state index contributed by atoms with van der Waals surface area (Å²) in [6.07, 6.45) is -3.52. The number of hydrogen-bond donors (Lipinski definition) is 1. The number of alkyl halides is 3. The Bertz CT molecular complexity index is 337. The quantitative estimate of drug-likeness (QED) is 0.792. The fourth-order valence-electron chi connectivity index (χ4n) is 1.65. The third-order valence-corrected chi connectivity index (χ3v) is 3.26. The van der Waals surface area contributed by atoms with Crippen LogP contribution in [0.1, 0.15) is 26.7 Å². The highest BCUT2D eigenvalue weighted by Gasteiger charge is 2.55. The number of carbonyl (C=O) groups excluding carboxylic acids is 1. The highest BCUT2D eigenvalue weighted by molar-refractivity contribution is 7.80. The van der Waals surface area contributed by atoms with Crippen LogP contribution in [0.5, 0.6) is 0 Å². The molecule has 1 aliphatic carbocycles. The van der Waals surface area contributed by atoms with Gasteiger partial charge in [0.25, 0.3) is 0 Å². The Balaban J connectivity index is 2.86. The molecule has 1 aliphatic rings. The molecule has 0 unspecified atom stereocenters. The number of nitrogens with two attached hydrogens (primary N) is 1. The molecule has 0 atom stereocenters. The number of hydrogen-bond acceptors (Lipinski definition) is 2. The number of carbonyl (C=O) groups is 1. The van der Waals surface area contributed by atoms with Crippen LogP contribution in [0.15, 0.2) is 0 Å². The van der Waals surface area contributed by atoms with Gasteiger partial charge in [-0.2, -0.15) is 13.2 Å². The summed E-state index contributed by atoms with van der Waals surface area (Å²) in [6.45, 7) is 1.83. The molecule has 0 radical (unpaired) electrons. The summed E-state index contributed by atoms with van der Waals surface area (Å²) < 4.78 is 37.1. The molecule has 0 heterocycles. The van der Waals surface area contributed by atoms with Gasteiger partial charge in [-0.3, -0.25) is 4.79 Å². The standard InChI is InChI=1S/C10H15F3N2OS/c1-6(2)15(5-10(11,12)13)8(16)9(3-4-9)7(14)17/h6H,3-5H2,1-2H3,(H2,14,17). The van der Waals surface area contributed by atoms with E-state index in [1.165, 1.54) is 0 Å². The summed E-state index contributed by atoms with van der Waals surface area (Å²) in [4.78, 5) is 12.8. The first-order valence-corrected chi connectivity index (χ1v) is 5.69. The third kappa shape index (κ3) is 3.08. The van der Waals surface area contributed by atoms with Gasteiger partial charge in [0, 0.05) is 6.04 Å². The van der Waals surface area contributed by atoms with Crippen LogP contribution in [0, 0.1) is 5.41 Å². The normalized spacial score (nSPS) is 18.0. The van der Waals surface area contributed by atoms with E-state index in [0.717, 1.165) is 4.90 Å². The van der Waals surface area contributed by atoms with Crippen LogP contribution < -0.4 is 5.73 Å². The number of amides is 1. The smallest absolute Gasteiger partial charge is 0.392 e. The molecule has 0 aromatic rings. The lowest BCUT2D eigenvalue weighted by molar-refractivity contribution is -0.166. The Hall–Kier alpha value is -0.850. The second-order valence-corrected chi connectivity index (χ2v) is 5.03. The fraction of sp³-hybridized carbons (Fsp3) is 0.800. The maximum atomic E-state index is 12.4. The van der Waals surface area contributed by atoms with Crippen molar-refractivity contribution in [3.05, 3.63) is 0 Å². The molecule has 0 bridgehead atoms. The van der Waals surface area contributed by atoms with Crippen molar-refractivity contribution in [3.63, 3.8) is 0 Å². The zero-order valence-corrected chi connectivity index (χ0v) is 10.5. The van der Waals surface area contributed by atoms with E-state index in [1.54, 1.807) is 13.8 Å². The second-order valence-electron chi connectivity index (χ2n) is 4.59. The lowest BCUT2D eigenvalue weighted by Crippen LogP contribution is -2.49. The molecule has 0 aromatic heterocycles. The highest BCUT2D eigenvalue weighted by Crippen LogP contribution is 2.48. The maximum absolute atomic E-state index is 12.4. The Morgan fingerprint density at radius 2 is 1.94 bits per heavy atom. The topological polar surface area (TPSA) is 46.3 Å². The molecular weight excluding hydrogens is 253 g/mol. The van der Waals surface area contributed by atoms with Crippen molar-refractivity contribution in [3.8, 4) is 0 Å². The summed E-state index contributed by atoms with van der Waals surface area (Å²) in [5.41, 5.74) is 4.42. The first-order chi connectivity index (χ1) is 7.60. The molecule has 98 valence electrons. The molecule has 0 aromatic carbocycles. The number of halogens is 3. The van der Waals surface area contributed by atoms with Crippen molar-refractivity contribution in [2.75, 3.05) is 6.54 Å². The molecular formula is C10H15F3N2OS. The average molecular weight is 268 g/mol. The molecule has 0 saturated heterocycles. The third-order valence-electron chi connectivity index (χ3n) is 2.86. The van der Waals surface area contributed by atoms with Crippen LogP contribution in [0.25, 0.3) is 0 Å². The first kappa shape index (κ1) is 14.2. The highest BCUT2D eigenvalue weighted by atomic mass is 32.1. The van der Waals surface area contributed by atoms with Crippen molar-refractivity contribution in [2.45, 2.75) is 38.9 Å². The zero-order valence-electron chi connectivity index (χ0n) is 9.67. The Labute approximate surface area is 103 Å². The number of thiocarbonyl (C=S) groups is 1. The molecule has 1 saturated carbocycles. The fourth-order valence-corrected chi connectivity index (χ4v) is 1.94. The van der Waals surface area contributed by atoms with Gasteiger partial charge in [0.2, 0.25) is 5.91 Å².